The zero-order chi connectivity index (χ0) is 18.4. The van der Waals surface area contributed by atoms with Gasteiger partial charge in [0.25, 0.3) is 5.91 Å². The molecule has 0 radical (unpaired) electrons. The van der Waals surface area contributed by atoms with Gasteiger partial charge < -0.3 is 14.8 Å². The monoisotopic (exact) mass is 361 g/mol. The van der Waals surface area contributed by atoms with Crippen LogP contribution in [-0.2, 0) is 16.1 Å². The Morgan fingerprint density at radius 3 is 2.48 bits per heavy atom. The van der Waals surface area contributed by atoms with E-state index in [4.69, 9.17) is 21.1 Å². The van der Waals surface area contributed by atoms with Gasteiger partial charge in [-0.1, -0.05) is 41.4 Å². The number of carbonyl (C=O) groups excluding carboxylic acids is 2. The first-order chi connectivity index (χ1) is 11.9. The van der Waals surface area contributed by atoms with Crippen LogP contribution in [0.4, 0.5) is 0 Å². The lowest BCUT2D eigenvalue weighted by molar-refractivity contribution is -0.129. The van der Waals surface area contributed by atoms with E-state index < -0.39 is 12.1 Å². The Morgan fingerprint density at radius 2 is 1.84 bits per heavy atom. The average Bonchev–Trinajstić information content (AvgIpc) is 2.60. The maximum Gasteiger partial charge on any atom is 0.342 e. The van der Waals surface area contributed by atoms with Crippen LogP contribution >= 0.6 is 11.6 Å². The molecular formula is C19H20ClNO4. The first-order valence-corrected chi connectivity index (χ1v) is 8.16. The topological polar surface area (TPSA) is 64.6 Å². The molecule has 0 aromatic heterocycles. The Morgan fingerprint density at radius 1 is 1.16 bits per heavy atom. The summed E-state index contributed by atoms with van der Waals surface area (Å²) in [7, 11) is 1.44. The third-order valence-corrected chi connectivity index (χ3v) is 3.86. The van der Waals surface area contributed by atoms with Crippen LogP contribution in [0.1, 0.15) is 28.4 Å². The standard InChI is InChI=1S/C19H20ClNO4/c1-12-4-6-14(7-5-12)11-21-18(22)13(2)25-19(23)16-10-15(20)8-9-17(16)24-3/h4-10,13H,11H2,1-3H3,(H,21,22)/t13-/m1/s1. The van der Waals surface area contributed by atoms with Crippen molar-refractivity contribution in [3.63, 3.8) is 0 Å². The summed E-state index contributed by atoms with van der Waals surface area (Å²) in [6.45, 7) is 3.87. The fourth-order valence-corrected chi connectivity index (χ4v) is 2.33. The molecule has 0 aliphatic rings. The zero-order valence-electron chi connectivity index (χ0n) is 14.3. The summed E-state index contributed by atoms with van der Waals surface area (Å²) in [5, 5.41) is 3.12. The minimum atomic E-state index is -0.943. The van der Waals surface area contributed by atoms with Gasteiger partial charge in [0.15, 0.2) is 6.10 Å². The van der Waals surface area contributed by atoms with E-state index >= 15 is 0 Å². The van der Waals surface area contributed by atoms with Crippen molar-refractivity contribution in [1.82, 2.24) is 5.32 Å². The summed E-state index contributed by atoms with van der Waals surface area (Å²) in [5.74, 6) is -0.714. The summed E-state index contributed by atoms with van der Waals surface area (Å²) >= 11 is 5.90. The third-order valence-electron chi connectivity index (χ3n) is 3.62. The van der Waals surface area contributed by atoms with E-state index in [2.05, 4.69) is 5.32 Å². The van der Waals surface area contributed by atoms with E-state index in [0.29, 0.717) is 17.3 Å². The number of rotatable bonds is 6. The molecule has 0 saturated carbocycles. The van der Waals surface area contributed by atoms with Crippen molar-refractivity contribution in [2.24, 2.45) is 0 Å². The van der Waals surface area contributed by atoms with E-state index in [-0.39, 0.29) is 11.5 Å². The minimum Gasteiger partial charge on any atom is -0.496 e. The Bertz CT molecular complexity index is 759. The van der Waals surface area contributed by atoms with Crippen molar-refractivity contribution in [2.45, 2.75) is 26.5 Å². The largest absolute Gasteiger partial charge is 0.496 e. The van der Waals surface area contributed by atoms with Crippen LogP contribution in [0.25, 0.3) is 0 Å². The predicted molar refractivity (Wildman–Crippen MR) is 95.9 cm³/mol. The lowest BCUT2D eigenvalue weighted by Gasteiger charge is -2.15. The van der Waals surface area contributed by atoms with Crippen LogP contribution in [-0.4, -0.2) is 25.1 Å². The van der Waals surface area contributed by atoms with Crippen LogP contribution in [0.15, 0.2) is 42.5 Å². The number of methoxy groups -OCH3 is 1. The van der Waals surface area contributed by atoms with Gasteiger partial charge in [0.2, 0.25) is 0 Å². The summed E-state index contributed by atoms with van der Waals surface area (Å²) in [6.07, 6.45) is -0.943. The molecule has 0 aliphatic heterocycles. The second-order valence-electron chi connectivity index (χ2n) is 5.60. The van der Waals surface area contributed by atoms with Gasteiger partial charge in [-0.05, 0) is 37.6 Å². The third kappa shape index (κ3) is 5.22. The summed E-state index contributed by atoms with van der Waals surface area (Å²) in [5.41, 5.74) is 2.29. The maximum absolute atomic E-state index is 12.3. The van der Waals surface area contributed by atoms with Gasteiger partial charge in [0.05, 0.1) is 7.11 Å². The Kier molecular flexibility index (Phi) is 6.42. The number of carbonyl (C=O) groups is 2. The molecule has 0 bridgehead atoms. The maximum atomic E-state index is 12.3. The number of aryl methyl sites for hydroxylation is 1. The van der Waals surface area contributed by atoms with Crippen molar-refractivity contribution in [2.75, 3.05) is 7.11 Å². The molecule has 2 aromatic rings. The van der Waals surface area contributed by atoms with E-state index in [1.807, 2.05) is 31.2 Å². The quantitative estimate of drug-likeness (QED) is 0.799. The Balaban J connectivity index is 1.95. The predicted octanol–water partition coefficient (Wildman–Crippen LogP) is 3.52. The Hall–Kier alpha value is -2.53. The van der Waals surface area contributed by atoms with Gasteiger partial charge in [0, 0.05) is 11.6 Å². The fraction of sp³-hybridized carbons (Fsp3) is 0.263. The molecule has 25 heavy (non-hydrogen) atoms. The average molecular weight is 362 g/mol. The normalized spacial score (nSPS) is 11.5. The van der Waals surface area contributed by atoms with Crippen LogP contribution < -0.4 is 10.1 Å². The van der Waals surface area contributed by atoms with E-state index in [9.17, 15) is 9.59 Å². The molecule has 0 saturated heterocycles. The van der Waals surface area contributed by atoms with Crippen LogP contribution in [0.5, 0.6) is 5.75 Å². The SMILES string of the molecule is COc1ccc(Cl)cc1C(=O)O[C@H](C)C(=O)NCc1ccc(C)cc1. The molecule has 1 amide bonds. The van der Waals surface area contributed by atoms with Crippen molar-refractivity contribution in [3.05, 3.63) is 64.2 Å². The highest BCUT2D eigenvalue weighted by atomic mass is 35.5. The number of halogens is 1. The van der Waals surface area contributed by atoms with E-state index in [1.54, 1.807) is 12.1 Å². The minimum absolute atomic E-state index is 0.174. The number of esters is 1. The molecular weight excluding hydrogens is 342 g/mol. The number of hydrogen-bond acceptors (Lipinski definition) is 4. The number of hydrogen-bond donors (Lipinski definition) is 1. The lowest BCUT2D eigenvalue weighted by atomic mass is 10.1. The molecule has 5 nitrogen and oxygen atoms in total. The summed E-state index contributed by atoms with van der Waals surface area (Å²) in [6, 6.07) is 12.4. The molecule has 0 fully saturated rings. The van der Waals surface area contributed by atoms with Gasteiger partial charge in [-0.25, -0.2) is 4.79 Å². The molecule has 132 valence electrons. The van der Waals surface area contributed by atoms with Crippen LogP contribution in [0, 0.1) is 6.92 Å². The van der Waals surface area contributed by atoms with Gasteiger partial charge in [-0.15, -0.1) is 0 Å². The number of benzene rings is 2. The molecule has 2 aromatic carbocycles. The second-order valence-corrected chi connectivity index (χ2v) is 6.03. The summed E-state index contributed by atoms with van der Waals surface area (Å²) < 4.78 is 10.3. The first-order valence-electron chi connectivity index (χ1n) is 7.78. The van der Waals surface area contributed by atoms with Crippen molar-refractivity contribution >= 4 is 23.5 Å². The highest BCUT2D eigenvalue weighted by molar-refractivity contribution is 6.31. The number of ether oxygens (including phenoxy) is 2. The Labute approximate surface area is 151 Å². The molecule has 0 aliphatic carbocycles. The van der Waals surface area contributed by atoms with E-state index in [1.165, 1.54) is 20.1 Å². The van der Waals surface area contributed by atoms with Crippen LogP contribution in [0.2, 0.25) is 5.02 Å². The van der Waals surface area contributed by atoms with Crippen LogP contribution in [0.3, 0.4) is 0 Å². The smallest absolute Gasteiger partial charge is 0.342 e. The fourth-order valence-electron chi connectivity index (χ4n) is 2.16. The number of nitrogens with one attached hydrogen (secondary N) is 1. The highest BCUT2D eigenvalue weighted by Crippen LogP contribution is 2.23. The van der Waals surface area contributed by atoms with Gasteiger partial charge in [-0.2, -0.15) is 0 Å². The molecule has 0 unspecified atom stereocenters. The first kappa shape index (κ1) is 18.8. The number of amides is 1. The highest BCUT2D eigenvalue weighted by Gasteiger charge is 2.21. The van der Waals surface area contributed by atoms with Gasteiger partial charge >= 0.3 is 5.97 Å². The molecule has 0 heterocycles. The lowest BCUT2D eigenvalue weighted by Crippen LogP contribution is -2.35. The molecule has 1 N–H and O–H groups in total. The zero-order valence-corrected chi connectivity index (χ0v) is 15.1. The molecule has 0 spiro atoms. The molecule has 2 rings (SSSR count). The van der Waals surface area contributed by atoms with Gasteiger partial charge in [-0.3, -0.25) is 4.79 Å². The second kappa shape index (κ2) is 8.53. The van der Waals surface area contributed by atoms with Crippen molar-refractivity contribution in [3.8, 4) is 5.75 Å². The van der Waals surface area contributed by atoms with Crippen molar-refractivity contribution < 1.29 is 19.1 Å². The van der Waals surface area contributed by atoms with E-state index in [0.717, 1.165) is 11.1 Å². The van der Waals surface area contributed by atoms with Gasteiger partial charge in [0.1, 0.15) is 11.3 Å². The summed E-state index contributed by atoms with van der Waals surface area (Å²) in [4.78, 5) is 24.4. The molecule has 6 heteroatoms. The van der Waals surface area contributed by atoms with Crippen molar-refractivity contribution in [1.29, 1.82) is 0 Å². The molecule has 1 atom stereocenters.